The molecule has 0 spiro atoms. The fraction of sp³-hybridized carbons (Fsp3) is 0.556. The highest BCUT2D eigenvalue weighted by molar-refractivity contribution is 7.47. The summed E-state index contributed by atoms with van der Waals surface area (Å²) in [4.78, 5) is 34.8. The monoisotopic (exact) mass is 785 g/mol. The van der Waals surface area contributed by atoms with Gasteiger partial charge in [0.25, 0.3) is 0 Å². The summed E-state index contributed by atoms with van der Waals surface area (Å²) in [5.74, 6) is -0.939. The van der Waals surface area contributed by atoms with Crippen LogP contribution >= 0.6 is 7.82 Å². The minimum Gasteiger partial charge on any atom is -0.462 e. The molecule has 55 heavy (non-hydrogen) atoms. The third-order valence-corrected chi connectivity index (χ3v) is 8.64. The summed E-state index contributed by atoms with van der Waals surface area (Å²) in [5.41, 5.74) is 5.33. The summed E-state index contributed by atoms with van der Waals surface area (Å²) < 4.78 is 32.6. The first kappa shape index (κ1) is 51.7. The summed E-state index contributed by atoms with van der Waals surface area (Å²) in [6.07, 6.45) is 52.7. The molecule has 0 aromatic carbocycles. The highest BCUT2D eigenvalue weighted by atomic mass is 31.2. The van der Waals surface area contributed by atoms with Gasteiger partial charge in [-0.25, -0.2) is 4.57 Å². The van der Waals surface area contributed by atoms with Crippen LogP contribution in [0.15, 0.2) is 109 Å². The Kier molecular flexibility index (Phi) is 37.9. The molecule has 2 atom stereocenters. The number of rotatable bonds is 36. The van der Waals surface area contributed by atoms with Crippen LogP contribution in [0.1, 0.15) is 129 Å². The van der Waals surface area contributed by atoms with Crippen LogP contribution in [0.4, 0.5) is 0 Å². The maximum absolute atomic E-state index is 12.6. The normalized spacial score (nSPS) is 14.5. The lowest BCUT2D eigenvalue weighted by Crippen LogP contribution is -2.29. The number of hydrogen-bond acceptors (Lipinski definition) is 8. The lowest BCUT2D eigenvalue weighted by Gasteiger charge is -2.19. The highest BCUT2D eigenvalue weighted by Crippen LogP contribution is 2.43. The van der Waals surface area contributed by atoms with Crippen LogP contribution in [-0.2, 0) is 32.7 Å². The molecule has 1 unspecified atom stereocenters. The molecule has 3 N–H and O–H groups in total. The first-order valence-corrected chi connectivity index (χ1v) is 21.9. The van der Waals surface area contributed by atoms with Gasteiger partial charge in [-0.15, -0.1) is 0 Å². The van der Waals surface area contributed by atoms with Crippen molar-refractivity contribution in [1.82, 2.24) is 0 Å². The summed E-state index contributed by atoms with van der Waals surface area (Å²) in [6.45, 7) is 3.37. The Morgan fingerprint density at radius 3 is 1.44 bits per heavy atom. The number of hydrogen-bond donors (Lipinski definition) is 2. The van der Waals surface area contributed by atoms with Crippen molar-refractivity contribution in [2.45, 2.75) is 136 Å². The summed E-state index contributed by atoms with van der Waals surface area (Å²) in [7, 11) is -4.40. The van der Waals surface area contributed by atoms with Gasteiger partial charge in [0, 0.05) is 19.4 Å². The van der Waals surface area contributed by atoms with Crippen LogP contribution in [0, 0.1) is 0 Å². The Morgan fingerprint density at radius 2 is 0.964 bits per heavy atom. The van der Waals surface area contributed by atoms with Crippen molar-refractivity contribution in [2.75, 3.05) is 26.4 Å². The fourth-order valence-electron chi connectivity index (χ4n) is 4.72. The first-order valence-electron chi connectivity index (χ1n) is 20.4. The Hall–Kier alpha value is -3.33. The second-order valence-electron chi connectivity index (χ2n) is 12.7. The Balaban J connectivity index is 4.36. The van der Waals surface area contributed by atoms with E-state index in [0.29, 0.717) is 12.8 Å². The van der Waals surface area contributed by atoms with E-state index in [-0.39, 0.29) is 32.6 Å². The molecule has 0 aliphatic rings. The number of nitrogens with two attached hydrogens (primary N) is 1. The van der Waals surface area contributed by atoms with E-state index in [4.69, 9.17) is 24.3 Å². The molecule has 0 fully saturated rings. The molecule has 0 amide bonds. The van der Waals surface area contributed by atoms with Crippen molar-refractivity contribution >= 4 is 19.8 Å². The van der Waals surface area contributed by atoms with Crippen molar-refractivity contribution in [3.8, 4) is 0 Å². The van der Waals surface area contributed by atoms with E-state index in [1.807, 2.05) is 6.08 Å². The van der Waals surface area contributed by atoms with Crippen LogP contribution in [0.5, 0.6) is 0 Å². The third-order valence-electron chi connectivity index (χ3n) is 7.65. The molecule has 0 saturated carbocycles. The number of phosphoric acid groups is 1. The quantitative estimate of drug-likeness (QED) is 0.0275. The molecule has 0 bridgehead atoms. The standard InChI is InChI=1S/C45H72NO8P/c1-3-5-7-9-11-13-15-17-19-21-23-25-27-29-31-33-35-37-44(47)51-41-43(42-53-55(49,50)52-40-39-46)54-45(48)38-36-34-32-30-28-26-24-22-20-18-16-14-12-10-8-6-4-2/h5-8,11-14,17-20,23-26,29,31,43H,3-4,9-10,15-16,21-22,27-28,30,32-42,46H2,1-2H3,(H,49,50)/t43-/m1/s1. The number of ether oxygens (including phenoxy) is 2. The van der Waals surface area contributed by atoms with Crippen molar-refractivity contribution in [2.24, 2.45) is 5.73 Å². The van der Waals surface area contributed by atoms with Crippen molar-refractivity contribution in [1.29, 1.82) is 0 Å². The predicted molar refractivity (Wildman–Crippen MR) is 228 cm³/mol. The number of carbonyl (C=O) groups is 2. The maximum atomic E-state index is 12.6. The van der Waals surface area contributed by atoms with Gasteiger partial charge in [-0.1, -0.05) is 136 Å². The average Bonchev–Trinajstić information content (AvgIpc) is 3.17. The lowest BCUT2D eigenvalue weighted by molar-refractivity contribution is -0.161. The number of allylic oxidation sites excluding steroid dienone is 18. The first-order chi connectivity index (χ1) is 26.8. The second kappa shape index (κ2) is 40.3. The van der Waals surface area contributed by atoms with Crippen LogP contribution < -0.4 is 5.73 Å². The van der Waals surface area contributed by atoms with Gasteiger partial charge < -0.3 is 20.1 Å². The number of esters is 2. The molecule has 9 nitrogen and oxygen atoms in total. The van der Waals surface area contributed by atoms with E-state index in [0.717, 1.165) is 89.9 Å². The van der Waals surface area contributed by atoms with Crippen LogP contribution in [0.2, 0.25) is 0 Å². The zero-order valence-corrected chi connectivity index (χ0v) is 34.7. The highest BCUT2D eigenvalue weighted by Gasteiger charge is 2.25. The Bertz CT molecular complexity index is 1260. The van der Waals surface area contributed by atoms with E-state index in [9.17, 15) is 19.0 Å². The number of unbranched alkanes of at least 4 members (excludes halogenated alkanes) is 5. The van der Waals surface area contributed by atoms with E-state index in [1.165, 1.54) is 0 Å². The molecular weight excluding hydrogens is 713 g/mol. The topological polar surface area (TPSA) is 134 Å². The molecular formula is C45H72NO8P. The molecule has 0 aromatic rings. The largest absolute Gasteiger partial charge is 0.472 e. The predicted octanol–water partition coefficient (Wildman–Crippen LogP) is 11.6. The van der Waals surface area contributed by atoms with Gasteiger partial charge in [-0.05, 0) is 89.9 Å². The van der Waals surface area contributed by atoms with Crippen LogP contribution in [-0.4, -0.2) is 49.3 Å². The maximum Gasteiger partial charge on any atom is 0.472 e. The van der Waals surface area contributed by atoms with E-state index in [2.05, 4.69) is 117 Å². The van der Waals surface area contributed by atoms with Crippen molar-refractivity contribution < 1.29 is 37.6 Å². The molecule has 0 aliphatic heterocycles. The molecule has 0 saturated heterocycles. The average molecular weight is 786 g/mol. The van der Waals surface area contributed by atoms with Gasteiger partial charge in [0.15, 0.2) is 6.10 Å². The van der Waals surface area contributed by atoms with E-state index >= 15 is 0 Å². The van der Waals surface area contributed by atoms with Crippen molar-refractivity contribution in [3.63, 3.8) is 0 Å². The molecule has 10 heteroatoms. The minimum absolute atomic E-state index is 0.0347. The summed E-state index contributed by atoms with van der Waals surface area (Å²) >= 11 is 0. The van der Waals surface area contributed by atoms with Gasteiger partial charge in [-0.3, -0.25) is 18.6 Å². The number of phosphoric ester groups is 1. The van der Waals surface area contributed by atoms with Crippen molar-refractivity contribution in [3.05, 3.63) is 109 Å². The minimum atomic E-state index is -4.40. The third kappa shape index (κ3) is 40.2. The molecule has 0 rings (SSSR count). The van der Waals surface area contributed by atoms with Gasteiger partial charge in [0.2, 0.25) is 0 Å². The Morgan fingerprint density at radius 1 is 0.545 bits per heavy atom. The van der Waals surface area contributed by atoms with E-state index < -0.39 is 32.5 Å². The van der Waals surface area contributed by atoms with Gasteiger partial charge in [0.1, 0.15) is 6.61 Å². The molecule has 0 aliphatic carbocycles. The molecule has 310 valence electrons. The molecule has 0 aromatic heterocycles. The Labute approximate surface area is 333 Å². The SMILES string of the molecule is CCC=CCC=CCC=CCC=CCC=CCCCC(=O)OC[C@H](COP(=O)(O)OCCN)OC(=O)CCCCCCC=CCC=CCC=CCC=CCC. The van der Waals surface area contributed by atoms with Gasteiger partial charge >= 0.3 is 19.8 Å². The van der Waals surface area contributed by atoms with Crippen LogP contribution in [0.3, 0.4) is 0 Å². The van der Waals surface area contributed by atoms with Crippen LogP contribution in [0.25, 0.3) is 0 Å². The zero-order chi connectivity index (χ0) is 40.3. The smallest absolute Gasteiger partial charge is 0.462 e. The fourth-order valence-corrected chi connectivity index (χ4v) is 5.48. The molecule has 0 heterocycles. The summed E-state index contributed by atoms with van der Waals surface area (Å²) in [6, 6.07) is 0. The molecule has 0 radical (unpaired) electrons. The summed E-state index contributed by atoms with van der Waals surface area (Å²) in [5, 5.41) is 0. The second-order valence-corrected chi connectivity index (χ2v) is 14.2. The lowest BCUT2D eigenvalue weighted by atomic mass is 10.1. The van der Waals surface area contributed by atoms with E-state index in [1.54, 1.807) is 0 Å². The van der Waals surface area contributed by atoms with Gasteiger partial charge in [-0.2, -0.15) is 0 Å². The zero-order valence-electron chi connectivity index (χ0n) is 33.9. The van der Waals surface area contributed by atoms with Gasteiger partial charge in [0.05, 0.1) is 13.2 Å². The number of carbonyl (C=O) groups excluding carboxylic acids is 2.